The van der Waals surface area contributed by atoms with Gasteiger partial charge < -0.3 is 20.1 Å². The number of hydrogen-bond donors (Lipinski definition) is 1. The summed E-state index contributed by atoms with van der Waals surface area (Å²) in [5.41, 5.74) is 6.89. The van der Waals surface area contributed by atoms with E-state index < -0.39 is 0 Å². The third-order valence-electron chi connectivity index (χ3n) is 3.53. The lowest BCUT2D eigenvalue weighted by Crippen LogP contribution is -2.37. The molecular formula is C15H22N2O3. The second kappa shape index (κ2) is 6.61. The third kappa shape index (κ3) is 3.42. The zero-order chi connectivity index (χ0) is 14.5. The van der Waals surface area contributed by atoms with Crippen molar-refractivity contribution in [3.63, 3.8) is 0 Å². The molecule has 1 amide bonds. The molecule has 0 aliphatic carbocycles. The first-order valence-corrected chi connectivity index (χ1v) is 6.99. The van der Waals surface area contributed by atoms with E-state index in [1.165, 1.54) is 0 Å². The standard InChI is InChI=1S/C15H22N2O3/c1-3-17(10-13-5-4-6-20-13)15(18)11-7-12(16)9-14(8-11)19-2/h7-9,13H,3-6,10,16H2,1-2H3. The van der Waals surface area contributed by atoms with Crippen LogP contribution in [0.4, 0.5) is 5.69 Å². The molecule has 110 valence electrons. The van der Waals surface area contributed by atoms with Crippen molar-refractivity contribution < 1.29 is 14.3 Å². The maximum atomic E-state index is 12.5. The van der Waals surface area contributed by atoms with Gasteiger partial charge in [0.1, 0.15) is 5.75 Å². The molecule has 0 radical (unpaired) electrons. The average molecular weight is 278 g/mol. The molecule has 0 aromatic heterocycles. The van der Waals surface area contributed by atoms with Crippen molar-refractivity contribution in [1.29, 1.82) is 0 Å². The fourth-order valence-corrected chi connectivity index (χ4v) is 2.44. The van der Waals surface area contributed by atoms with Crippen molar-refractivity contribution in [2.75, 3.05) is 32.5 Å². The van der Waals surface area contributed by atoms with Crippen LogP contribution < -0.4 is 10.5 Å². The summed E-state index contributed by atoms with van der Waals surface area (Å²) in [4.78, 5) is 14.3. The molecule has 20 heavy (non-hydrogen) atoms. The molecule has 1 aromatic carbocycles. The van der Waals surface area contributed by atoms with Crippen LogP contribution >= 0.6 is 0 Å². The molecule has 1 unspecified atom stereocenters. The minimum Gasteiger partial charge on any atom is -0.497 e. The SMILES string of the molecule is CCN(CC1CCCO1)C(=O)c1cc(N)cc(OC)c1. The number of hydrogen-bond acceptors (Lipinski definition) is 4. The highest BCUT2D eigenvalue weighted by atomic mass is 16.5. The van der Waals surface area contributed by atoms with Crippen molar-refractivity contribution in [3.05, 3.63) is 23.8 Å². The van der Waals surface area contributed by atoms with Gasteiger partial charge in [-0.1, -0.05) is 0 Å². The Labute approximate surface area is 119 Å². The van der Waals surface area contributed by atoms with Gasteiger partial charge in [0.05, 0.1) is 13.2 Å². The number of nitrogens with two attached hydrogens (primary N) is 1. The number of carbonyl (C=O) groups excluding carboxylic acids is 1. The van der Waals surface area contributed by atoms with Crippen LogP contribution in [-0.4, -0.2) is 43.7 Å². The summed E-state index contributed by atoms with van der Waals surface area (Å²) in [6.07, 6.45) is 2.24. The predicted octanol–water partition coefficient (Wildman–Crippen LogP) is 1.92. The van der Waals surface area contributed by atoms with Crippen LogP contribution in [0.2, 0.25) is 0 Å². The van der Waals surface area contributed by atoms with E-state index in [0.29, 0.717) is 30.1 Å². The normalized spacial score (nSPS) is 18.0. The van der Waals surface area contributed by atoms with Crippen LogP contribution in [0.3, 0.4) is 0 Å². The number of ether oxygens (including phenoxy) is 2. The summed E-state index contributed by atoms with van der Waals surface area (Å²) in [5, 5.41) is 0. The van der Waals surface area contributed by atoms with Crippen molar-refractivity contribution in [2.45, 2.75) is 25.9 Å². The molecule has 0 saturated carbocycles. The number of rotatable bonds is 5. The molecule has 1 saturated heterocycles. The summed E-state index contributed by atoms with van der Waals surface area (Å²) in [6.45, 7) is 4.04. The number of anilines is 1. The molecule has 1 fully saturated rings. The summed E-state index contributed by atoms with van der Waals surface area (Å²) in [6, 6.07) is 5.10. The van der Waals surface area contributed by atoms with E-state index in [1.807, 2.05) is 6.92 Å². The fraction of sp³-hybridized carbons (Fsp3) is 0.533. The predicted molar refractivity (Wildman–Crippen MR) is 78.0 cm³/mol. The summed E-state index contributed by atoms with van der Waals surface area (Å²) in [5.74, 6) is 0.565. The molecule has 1 aliphatic rings. The molecule has 0 spiro atoms. The van der Waals surface area contributed by atoms with Crippen molar-refractivity contribution in [1.82, 2.24) is 4.90 Å². The first-order valence-electron chi connectivity index (χ1n) is 6.99. The average Bonchev–Trinajstić information content (AvgIpc) is 2.96. The molecule has 2 N–H and O–H groups in total. The Hall–Kier alpha value is -1.75. The number of amides is 1. The van der Waals surface area contributed by atoms with Crippen molar-refractivity contribution in [2.24, 2.45) is 0 Å². The largest absolute Gasteiger partial charge is 0.497 e. The van der Waals surface area contributed by atoms with E-state index in [-0.39, 0.29) is 12.0 Å². The Bertz CT molecular complexity index is 470. The van der Waals surface area contributed by atoms with Crippen molar-refractivity contribution in [3.8, 4) is 5.75 Å². The highest BCUT2D eigenvalue weighted by Gasteiger charge is 2.22. The molecule has 1 aliphatic heterocycles. The van der Waals surface area contributed by atoms with Gasteiger partial charge in [0.2, 0.25) is 0 Å². The van der Waals surface area contributed by atoms with Gasteiger partial charge in [0.15, 0.2) is 0 Å². The molecule has 5 heteroatoms. The first kappa shape index (κ1) is 14.7. The Morgan fingerprint density at radius 2 is 2.30 bits per heavy atom. The monoisotopic (exact) mass is 278 g/mol. The molecule has 5 nitrogen and oxygen atoms in total. The van der Waals surface area contributed by atoms with Crippen LogP contribution in [-0.2, 0) is 4.74 Å². The number of benzene rings is 1. The Morgan fingerprint density at radius 3 is 2.90 bits per heavy atom. The maximum Gasteiger partial charge on any atom is 0.254 e. The highest BCUT2D eigenvalue weighted by Crippen LogP contribution is 2.21. The quantitative estimate of drug-likeness (QED) is 0.836. The molecule has 1 aromatic rings. The smallest absolute Gasteiger partial charge is 0.254 e. The summed E-state index contributed by atoms with van der Waals surface area (Å²) < 4.78 is 10.8. The van der Waals surface area contributed by atoms with E-state index in [2.05, 4.69) is 0 Å². The zero-order valence-corrected chi connectivity index (χ0v) is 12.1. The van der Waals surface area contributed by atoms with Crippen LogP contribution in [0.15, 0.2) is 18.2 Å². The number of nitrogen functional groups attached to an aromatic ring is 1. The van der Waals surface area contributed by atoms with Crippen LogP contribution in [0.1, 0.15) is 30.1 Å². The molecule has 2 rings (SSSR count). The Balaban J connectivity index is 2.12. The Morgan fingerprint density at radius 1 is 1.50 bits per heavy atom. The van der Waals surface area contributed by atoms with Gasteiger partial charge in [-0.15, -0.1) is 0 Å². The molecule has 1 atom stereocenters. The van der Waals surface area contributed by atoms with E-state index in [0.717, 1.165) is 19.4 Å². The van der Waals surface area contributed by atoms with E-state index >= 15 is 0 Å². The van der Waals surface area contributed by atoms with E-state index in [1.54, 1.807) is 30.2 Å². The van der Waals surface area contributed by atoms with Crippen LogP contribution in [0, 0.1) is 0 Å². The summed E-state index contributed by atoms with van der Waals surface area (Å²) >= 11 is 0. The molecule has 1 heterocycles. The second-order valence-corrected chi connectivity index (χ2v) is 4.97. The van der Waals surface area contributed by atoms with Gasteiger partial charge in [-0.2, -0.15) is 0 Å². The van der Waals surface area contributed by atoms with Gasteiger partial charge in [0.25, 0.3) is 5.91 Å². The maximum absolute atomic E-state index is 12.5. The topological polar surface area (TPSA) is 64.8 Å². The van der Waals surface area contributed by atoms with Crippen molar-refractivity contribution >= 4 is 11.6 Å². The van der Waals surface area contributed by atoms with Gasteiger partial charge >= 0.3 is 0 Å². The summed E-state index contributed by atoms with van der Waals surface area (Å²) in [7, 11) is 1.56. The lowest BCUT2D eigenvalue weighted by atomic mass is 10.1. The van der Waals surface area contributed by atoms with Gasteiger partial charge in [-0.25, -0.2) is 0 Å². The Kier molecular flexibility index (Phi) is 4.84. The van der Waals surface area contributed by atoms with Gasteiger partial charge in [0, 0.05) is 37.0 Å². The van der Waals surface area contributed by atoms with Gasteiger partial charge in [-0.05, 0) is 31.9 Å². The molecule has 0 bridgehead atoms. The zero-order valence-electron chi connectivity index (χ0n) is 12.1. The van der Waals surface area contributed by atoms with E-state index in [4.69, 9.17) is 15.2 Å². The number of methoxy groups -OCH3 is 1. The number of nitrogens with zero attached hydrogens (tertiary/aromatic N) is 1. The number of likely N-dealkylation sites (N-methyl/N-ethyl adjacent to an activating group) is 1. The number of carbonyl (C=O) groups is 1. The van der Waals surface area contributed by atoms with Crippen LogP contribution in [0.5, 0.6) is 5.75 Å². The lowest BCUT2D eigenvalue weighted by Gasteiger charge is -2.24. The first-order chi connectivity index (χ1) is 9.63. The highest BCUT2D eigenvalue weighted by molar-refractivity contribution is 5.95. The second-order valence-electron chi connectivity index (χ2n) is 4.97. The van der Waals surface area contributed by atoms with Gasteiger partial charge in [-0.3, -0.25) is 4.79 Å². The van der Waals surface area contributed by atoms with Crippen LogP contribution in [0.25, 0.3) is 0 Å². The fourth-order valence-electron chi connectivity index (χ4n) is 2.44. The third-order valence-corrected chi connectivity index (χ3v) is 3.53. The molecular weight excluding hydrogens is 256 g/mol. The minimum atomic E-state index is -0.0337. The lowest BCUT2D eigenvalue weighted by molar-refractivity contribution is 0.0539. The minimum absolute atomic E-state index is 0.0337. The van der Waals surface area contributed by atoms with E-state index in [9.17, 15) is 4.79 Å².